The first-order valence-corrected chi connectivity index (χ1v) is 10.7. The molecule has 0 radical (unpaired) electrons. The SMILES string of the molecule is CCOc1ccc2ccccc2c1/C=C1\SC(=S)N(Cc2ccc(C)cc2)C1=O. The van der Waals surface area contributed by atoms with Crippen LogP contribution in [-0.2, 0) is 11.3 Å². The number of nitrogens with zero attached hydrogens (tertiary/aromatic N) is 1. The molecule has 0 saturated carbocycles. The zero-order valence-corrected chi connectivity index (χ0v) is 18.0. The molecule has 0 spiro atoms. The van der Waals surface area contributed by atoms with Crippen molar-refractivity contribution < 1.29 is 9.53 Å². The van der Waals surface area contributed by atoms with Gasteiger partial charge in [0.1, 0.15) is 10.1 Å². The van der Waals surface area contributed by atoms with Crippen molar-refractivity contribution in [2.75, 3.05) is 6.61 Å². The summed E-state index contributed by atoms with van der Waals surface area (Å²) in [6.07, 6.45) is 1.92. The fraction of sp³-hybridized carbons (Fsp3) is 0.167. The van der Waals surface area contributed by atoms with E-state index in [4.69, 9.17) is 17.0 Å². The van der Waals surface area contributed by atoms with Crippen molar-refractivity contribution in [3.8, 4) is 5.75 Å². The lowest BCUT2D eigenvalue weighted by molar-refractivity contribution is -0.122. The first-order chi connectivity index (χ1) is 14.1. The number of rotatable bonds is 5. The van der Waals surface area contributed by atoms with Gasteiger partial charge in [-0.1, -0.05) is 84.1 Å². The van der Waals surface area contributed by atoms with Crippen molar-refractivity contribution in [3.63, 3.8) is 0 Å². The number of hydrogen-bond acceptors (Lipinski definition) is 4. The Kier molecular flexibility index (Phi) is 5.69. The molecule has 0 atom stereocenters. The predicted molar refractivity (Wildman–Crippen MR) is 125 cm³/mol. The highest BCUT2D eigenvalue weighted by Gasteiger charge is 2.32. The van der Waals surface area contributed by atoms with Crippen LogP contribution in [0, 0.1) is 6.92 Å². The minimum absolute atomic E-state index is 0.0593. The third-order valence-electron chi connectivity index (χ3n) is 4.84. The zero-order chi connectivity index (χ0) is 20.4. The van der Waals surface area contributed by atoms with E-state index in [1.165, 1.54) is 17.3 Å². The van der Waals surface area contributed by atoms with E-state index in [1.807, 2.05) is 68.5 Å². The Morgan fingerprint density at radius 1 is 1.07 bits per heavy atom. The van der Waals surface area contributed by atoms with Crippen LogP contribution in [0.3, 0.4) is 0 Å². The molecular formula is C24H21NO2S2. The highest BCUT2D eigenvalue weighted by molar-refractivity contribution is 8.26. The van der Waals surface area contributed by atoms with Gasteiger partial charge in [0.05, 0.1) is 18.1 Å². The van der Waals surface area contributed by atoms with Gasteiger partial charge in [-0.15, -0.1) is 0 Å². The first kappa shape index (κ1) is 19.7. The summed E-state index contributed by atoms with van der Waals surface area (Å²) in [5, 5.41) is 2.17. The molecule has 1 amide bonds. The number of thiocarbonyl (C=S) groups is 1. The molecule has 0 aliphatic carbocycles. The normalized spacial score (nSPS) is 15.5. The van der Waals surface area contributed by atoms with E-state index >= 15 is 0 Å². The third kappa shape index (κ3) is 4.07. The lowest BCUT2D eigenvalue weighted by Crippen LogP contribution is -2.27. The molecule has 29 heavy (non-hydrogen) atoms. The summed E-state index contributed by atoms with van der Waals surface area (Å²) >= 11 is 6.86. The molecule has 146 valence electrons. The predicted octanol–water partition coefficient (Wildman–Crippen LogP) is 5.95. The molecule has 0 bridgehead atoms. The van der Waals surface area contributed by atoms with Crippen LogP contribution in [0.5, 0.6) is 5.75 Å². The number of ether oxygens (including phenoxy) is 1. The van der Waals surface area contributed by atoms with E-state index in [-0.39, 0.29) is 5.91 Å². The minimum atomic E-state index is -0.0593. The molecule has 1 aliphatic rings. The van der Waals surface area contributed by atoms with Gasteiger partial charge in [0, 0.05) is 5.56 Å². The van der Waals surface area contributed by atoms with E-state index < -0.39 is 0 Å². The Labute approximate surface area is 180 Å². The van der Waals surface area contributed by atoms with Gasteiger partial charge in [0.25, 0.3) is 5.91 Å². The van der Waals surface area contributed by atoms with Crippen molar-refractivity contribution >= 4 is 51.1 Å². The maximum atomic E-state index is 13.1. The molecule has 1 heterocycles. The van der Waals surface area contributed by atoms with E-state index in [2.05, 4.69) is 12.1 Å². The van der Waals surface area contributed by atoms with Crippen molar-refractivity contribution in [2.45, 2.75) is 20.4 Å². The lowest BCUT2D eigenvalue weighted by atomic mass is 10.0. The maximum absolute atomic E-state index is 13.1. The number of aryl methyl sites for hydroxylation is 1. The van der Waals surface area contributed by atoms with Gasteiger partial charge in [-0.3, -0.25) is 9.69 Å². The number of thioether (sulfide) groups is 1. The second-order valence-electron chi connectivity index (χ2n) is 6.88. The van der Waals surface area contributed by atoms with Crippen LogP contribution in [-0.4, -0.2) is 21.7 Å². The minimum Gasteiger partial charge on any atom is -0.493 e. The number of carbonyl (C=O) groups excluding carboxylic acids is 1. The summed E-state index contributed by atoms with van der Waals surface area (Å²) in [7, 11) is 0. The average molecular weight is 420 g/mol. The van der Waals surface area contributed by atoms with Gasteiger partial charge in [-0.05, 0) is 42.3 Å². The van der Waals surface area contributed by atoms with Crippen LogP contribution in [0.25, 0.3) is 16.8 Å². The summed E-state index contributed by atoms with van der Waals surface area (Å²) in [6.45, 7) is 5.05. The molecule has 0 unspecified atom stereocenters. The first-order valence-electron chi connectivity index (χ1n) is 9.52. The van der Waals surface area contributed by atoms with Crippen molar-refractivity contribution in [1.29, 1.82) is 0 Å². The zero-order valence-electron chi connectivity index (χ0n) is 16.3. The second kappa shape index (κ2) is 8.39. The van der Waals surface area contributed by atoms with Crippen LogP contribution in [0.15, 0.2) is 65.6 Å². The molecule has 5 heteroatoms. The smallest absolute Gasteiger partial charge is 0.266 e. The van der Waals surface area contributed by atoms with Crippen LogP contribution in [0.2, 0.25) is 0 Å². The van der Waals surface area contributed by atoms with Crippen LogP contribution in [0.4, 0.5) is 0 Å². The molecule has 1 saturated heterocycles. The maximum Gasteiger partial charge on any atom is 0.266 e. The quantitative estimate of drug-likeness (QED) is 0.378. The topological polar surface area (TPSA) is 29.5 Å². The molecule has 0 N–H and O–H groups in total. The molecule has 1 aliphatic heterocycles. The van der Waals surface area contributed by atoms with E-state index in [0.29, 0.717) is 22.4 Å². The summed E-state index contributed by atoms with van der Waals surface area (Å²) in [5.74, 6) is 0.714. The standard InChI is InChI=1S/C24H21NO2S2/c1-3-27-21-13-12-18-6-4-5-7-19(18)20(21)14-22-23(26)25(24(28)29-22)15-17-10-8-16(2)9-11-17/h4-14H,3,15H2,1-2H3/b22-14-. The number of benzene rings is 3. The molecule has 1 fully saturated rings. The highest BCUT2D eigenvalue weighted by Crippen LogP contribution is 2.37. The van der Waals surface area contributed by atoms with Gasteiger partial charge in [-0.2, -0.15) is 0 Å². The molecule has 4 rings (SSSR count). The average Bonchev–Trinajstić information content (AvgIpc) is 2.99. The number of carbonyl (C=O) groups is 1. The Balaban J connectivity index is 1.70. The van der Waals surface area contributed by atoms with Crippen molar-refractivity contribution in [1.82, 2.24) is 4.90 Å². The molecule has 3 nitrogen and oxygen atoms in total. The van der Waals surface area contributed by atoms with Gasteiger partial charge >= 0.3 is 0 Å². The lowest BCUT2D eigenvalue weighted by Gasteiger charge is -2.14. The van der Waals surface area contributed by atoms with Crippen LogP contribution < -0.4 is 4.74 Å². The Bertz CT molecular complexity index is 1120. The van der Waals surface area contributed by atoms with E-state index in [0.717, 1.165) is 27.6 Å². The van der Waals surface area contributed by atoms with E-state index in [9.17, 15) is 4.79 Å². The fourth-order valence-corrected chi connectivity index (χ4v) is 4.59. The third-order valence-corrected chi connectivity index (χ3v) is 6.22. The summed E-state index contributed by atoms with van der Waals surface area (Å²) in [6, 6.07) is 20.3. The fourth-order valence-electron chi connectivity index (χ4n) is 3.35. The summed E-state index contributed by atoms with van der Waals surface area (Å²) < 4.78 is 6.42. The number of fused-ring (bicyclic) bond motifs is 1. The van der Waals surface area contributed by atoms with Gasteiger partial charge < -0.3 is 4.74 Å². The largest absolute Gasteiger partial charge is 0.493 e. The molecule has 0 aromatic heterocycles. The van der Waals surface area contributed by atoms with Gasteiger partial charge in [0.15, 0.2) is 0 Å². The van der Waals surface area contributed by atoms with Gasteiger partial charge in [-0.25, -0.2) is 0 Å². The van der Waals surface area contributed by atoms with Crippen LogP contribution in [0.1, 0.15) is 23.6 Å². The van der Waals surface area contributed by atoms with Gasteiger partial charge in [0.2, 0.25) is 0 Å². The monoisotopic (exact) mass is 419 g/mol. The van der Waals surface area contributed by atoms with Crippen LogP contribution >= 0.6 is 24.0 Å². The molecular weight excluding hydrogens is 398 g/mol. The van der Waals surface area contributed by atoms with Crippen molar-refractivity contribution in [2.24, 2.45) is 0 Å². The Hall–Kier alpha value is -2.63. The second-order valence-corrected chi connectivity index (χ2v) is 8.56. The number of amides is 1. The summed E-state index contributed by atoms with van der Waals surface area (Å²) in [5.41, 5.74) is 3.17. The van der Waals surface area contributed by atoms with E-state index in [1.54, 1.807) is 4.90 Å². The molecule has 3 aromatic carbocycles. The highest BCUT2D eigenvalue weighted by atomic mass is 32.2. The van der Waals surface area contributed by atoms with Crippen molar-refractivity contribution in [3.05, 3.63) is 82.3 Å². The number of hydrogen-bond donors (Lipinski definition) is 0. The molecule has 3 aromatic rings. The summed E-state index contributed by atoms with van der Waals surface area (Å²) in [4.78, 5) is 15.4. The Morgan fingerprint density at radius 2 is 1.83 bits per heavy atom. The Morgan fingerprint density at radius 3 is 2.59 bits per heavy atom.